The molecule has 3 aromatic rings. The van der Waals surface area contributed by atoms with Crippen LogP contribution in [0.15, 0.2) is 48.5 Å². The van der Waals surface area contributed by atoms with Crippen molar-refractivity contribution in [3.05, 3.63) is 65.7 Å². The van der Waals surface area contributed by atoms with Crippen LogP contribution in [0, 0.1) is 11.6 Å². The van der Waals surface area contributed by atoms with E-state index in [1.165, 1.54) is 12.5 Å². The highest BCUT2D eigenvalue weighted by molar-refractivity contribution is 7.88. The van der Waals surface area contributed by atoms with E-state index in [4.69, 9.17) is 0 Å². The molecule has 0 heterocycles. The van der Waals surface area contributed by atoms with E-state index in [2.05, 4.69) is 11.1 Å². The van der Waals surface area contributed by atoms with Crippen LogP contribution in [0.1, 0.15) is 38.2 Å². The number of fused-ring (bicyclic) bond motifs is 1. The Hall–Kier alpha value is -2.68. The first-order chi connectivity index (χ1) is 15.0. The molecule has 0 aromatic heterocycles. The summed E-state index contributed by atoms with van der Waals surface area (Å²) in [5, 5.41) is -0.603. The molecule has 0 radical (unpaired) electrons. The zero-order chi connectivity index (χ0) is 23.5. The van der Waals surface area contributed by atoms with Crippen molar-refractivity contribution in [2.45, 2.75) is 44.5 Å². The number of aryl methyl sites for hydroxylation is 1. The van der Waals surface area contributed by atoms with E-state index in [0.717, 1.165) is 49.4 Å². The maximum atomic E-state index is 14.7. The molecule has 172 valence electrons. The Bertz CT molecular complexity index is 1200. The highest BCUT2D eigenvalue weighted by Gasteiger charge is 2.49. The van der Waals surface area contributed by atoms with E-state index in [9.17, 15) is 30.4 Å². The molecule has 3 rings (SSSR count). The fourth-order valence-electron chi connectivity index (χ4n) is 3.37. The third kappa shape index (κ3) is 5.20. The van der Waals surface area contributed by atoms with Gasteiger partial charge in [0.25, 0.3) is 0 Å². The smallest absolute Gasteiger partial charge is 0.373 e. The molecular weight excluding hydrogens is 451 g/mol. The maximum absolute atomic E-state index is 14.7. The fourth-order valence-corrected chi connectivity index (χ4v) is 3.83. The third-order valence-corrected chi connectivity index (χ3v) is 6.03. The SMILES string of the molecule is CCCCCCc1ccc(-c2cc(F)c3c(F)c(OS(=O)(=O)C(F)(F)F)ccc3c2)cc1. The minimum atomic E-state index is -6.08. The summed E-state index contributed by atoms with van der Waals surface area (Å²) >= 11 is 0. The van der Waals surface area contributed by atoms with E-state index in [0.29, 0.717) is 11.1 Å². The zero-order valence-electron chi connectivity index (χ0n) is 17.2. The van der Waals surface area contributed by atoms with Gasteiger partial charge >= 0.3 is 15.6 Å². The van der Waals surface area contributed by atoms with Gasteiger partial charge in [-0.05, 0) is 53.1 Å². The van der Waals surface area contributed by atoms with E-state index < -0.39 is 38.4 Å². The van der Waals surface area contributed by atoms with Gasteiger partial charge in [-0.2, -0.15) is 21.6 Å². The van der Waals surface area contributed by atoms with Crippen LogP contribution in [-0.2, 0) is 16.5 Å². The van der Waals surface area contributed by atoms with Gasteiger partial charge in [-0.15, -0.1) is 0 Å². The molecule has 0 unspecified atom stereocenters. The summed E-state index contributed by atoms with van der Waals surface area (Å²) in [4.78, 5) is 0. The first-order valence-corrected chi connectivity index (χ1v) is 11.5. The Morgan fingerprint density at radius 2 is 1.56 bits per heavy atom. The van der Waals surface area contributed by atoms with Gasteiger partial charge in [0.2, 0.25) is 0 Å². The number of rotatable bonds is 8. The van der Waals surface area contributed by atoms with Gasteiger partial charge in [0.05, 0.1) is 5.39 Å². The fraction of sp³-hybridized carbons (Fsp3) is 0.304. The van der Waals surface area contributed by atoms with Gasteiger partial charge in [0, 0.05) is 0 Å². The Balaban J connectivity index is 1.89. The van der Waals surface area contributed by atoms with Gasteiger partial charge in [0.1, 0.15) is 5.82 Å². The minimum Gasteiger partial charge on any atom is -0.373 e. The molecule has 0 bridgehead atoms. The lowest BCUT2D eigenvalue weighted by Crippen LogP contribution is -2.28. The molecule has 0 atom stereocenters. The van der Waals surface area contributed by atoms with Gasteiger partial charge in [-0.25, -0.2) is 8.78 Å². The standard InChI is InChI=1S/C23H21F5O3S/c1-2-3-4-5-6-15-7-9-16(10-8-15)18-13-17-11-12-20(22(25)21(17)19(24)14-18)31-32(29,30)23(26,27)28/h7-14H,2-6H2,1H3. The van der Waals surface area contributed by atoms with Crippen LogP contribution < -0.4 is 4.18 Å². The number of halogens is 5. The molecule has 0 aliphatic carbocycles. The molecule has 3 aromatic carbocycles. The first-order valence-electron chi connectivity index (χ1n) is 10.1. The largest absolute Gasteiger partial charge is 0.534 e. The summed E-state index contributed by atoms with van der Waals surface area (Å²) in [6, 6.07) is 11.9. The Morgan fingerprint density at radius 3 is 2.19 bits per heavy atom. The second-order valence-electron chi connectivity index (χ2n) is 7.42. The predicted molar refractivity (Wildman–Crippen MR) is 113 cm³/mol. The molecule has 0 saturated heterocycles. The van der Waals surface area contributed by atoms with E-state index in [1.807, 2.05) is 24.3 Å². The summed E-state index contributed by atoms with van der Waals surface area (Å²) in [6.45, 7) is 2.14. The summed E-state index contributed by atoms with van der Waals surface area (Å²) in [6.07, 6.45) is 5.49. The van der Waals surface area contributed by atoms with Crippen molar-refractivity contribution < 1.29 is 34.6 Å². The molecular formula is C23H21F5O3S. The van der Waals surface area contributed by atoms with Crippen molar-refractivity contribution in [1.29, 1.82) is 0 Å². The van der Waals surface area contributed by atoms with E-state index in [1.54, 1.807) is 0 Å². The zero-order valence-corrected chi connectivity index (χ0v) is 18.0. The Kier molecular flexibility index (Phi) is 7.07. The van der Waals surface area contributed by atoms with E-state index >= 15 is 0 Å². The van der Waals surface area contributed by atoms with Crippen LogP contribution in [0.2, 0.25) is 0 Å². The highest BCUT2D eigenvalue weighted by Crippen LogP contribution is 2.35. The maximum Gasteiger partial charge on any atom is 0.534 e. The molecule has 0 aliphatic heterocycles. The topological polar surface area (TPSA) is 43.4 Å². The van der Waals surface area contributed by atoms with Gasteiger partial charge in [-0.3, -0.25) is 0 Å². The lowest BCUT2D eigenvalue weighted by molar-refractivity contribution is -0.0500. The van der Waals surface area contributed by atoms with Crippen molar-refractivity contribution in [3.63, 3.8) is 0 Å². The molecule has 0 aliphatic rings. The molecule has 0 spiro atoms. The van der Waals surface area contributed by atoms with Crippen molar-refractivity contribution in [1.82, 2.24) is 0 Å². The number of alkyl halides is 3. The van der Waals surface area contributed by atoms with Crippen LogP contribution in [0.25, 0.3) is 21.9 Å². The van der Waals surface area contributed by atoms with Crippen LogP contribution >= 0.6 is 0 Å². The second-order valence-corrected chi connectivity index (χ2v) is 8.96. The molecule has 32 heavy (non-hydrogen) atoms. The first kappa shape index (κ1) is 24.0. The number of hydrogen-bond donors (Lipinski definition) is 0. The van der Waals surface area contributed by atoms with Gasteiger partial charge in [-0.1, -0.05) is 56.5 Å². The van der Waals surface area contributed by atoms with Crippen molar-refractivity contribution >= 4 is 20.9 Å². The summed E-state index contributed by atoms with van der Waals surface area (Å²) in [7, 11) is -6.08. The van der Waals surface area contributed by atoms with Crippen LogP contribution in [0.4, 0.5) is 22.0 Å². The van der Waals surface area contributed by atoms with Crippen LogP contribution in [-0.4, -0.2) is 13.9 Å². The average molecular weight is 472 g/mol. The third-order valence-electron chi connectivity index (χ3n) is 5.06. The summed E-state index contributed by atoms with van der Waals surface area (Å²) < 4.78 is 93.0. The molecule has 0 saturated carbocycles. The van der Waals surface area contributed by atoms with Crippen molar-refractivity contribution in [2.24, 2.45) is 0 Å². The predicted octanol–water partition coefficient (Wildman–Crippen LogP) is 7.14. The van der Waals surface area contributed by atoms with Crippen molar-refractivity contribution in [2.75, 3.05) is 0 Å². The van der Waals surface area contributed by atoms with Crippen LogP contribution in [0.5, 0.6) is 5.75 Å². The van der Waals surface area contributed by atoms with Crippen molar-refractivity contribution in [3.8, 4) is 16.9 Å². The Labute approximate surface area is 183 Å². The minimum absolute atomic E-state index is 0.0536. The molecule has 0 fully saturated rings. The monoisotopic (exact) mass is 472 g/mol. The Morgan fingerprint density at radius 1 is 0.875 bits per heavy atom. The van der Waals surface area contributed by atoms with Crippen LogP contribution in [0.3, 0.4) is 0 Å². The molecule has 9 heteroatoms. The number of unbranched alkanes of at least 4 members (excludes halogenated alkanes) is 3. The number of hydrogen-bond acceptors (Lipinski definition) is 3. The highest BCUT2D eigenvalue weighted by atomic mass is 32.2. The second kappa shape index (κ2) is 9.44. The van der Waals surface area contributed by atoms with Gasteiger partial charge < -0.3 is 4.18 Å². The lowest BCUT2D eigenvalue weighted by atomic mass is 9.98. The number of benzene rings is 3. The average Bonchev–Trinajstić information content (AvgIpc) is 2.72. The molecule has 3 nitrogen and oxygen atoms in total. The summed E-state index contributed by atoms with van der Waals surface area (Å²) in [5.41, 5.74) is -3.46. The molecule has 0 N–H and O–H groups in total. The lowest BCUT2D eigenvalue weighted by Gasteiger charge is -2.12. The normalized spacial score (nSPS) is 12.3. The van der Waals surface area contributed by atoms with E-state index in [-0.39, 0.29) is 5.39 Å². The van der Waals surface area contributed by atoms with Gasteiger partial charge in [0.15, 0.2) is 11.6 Å². The quantitative estimate of drug-likeness (QED) is 0.152. The molecule has 0 amide bonds. The summed E-state index contributed by atoms with van der Waals surface area (Å²) in [5.74, 6) is -3.80.